The first-order valence-corrected chi connectivity index (χ1v) is 6.08. The van der Waals surface area contributed by atoms with Crippen LogP contribution in [0.1, 0.15) is 40.4 Å². The first-order valence-electron chi connectivity index (χ1n) is 6.08. The standard InChI is InChI=1S/C14H17NO3/c1-8-7-12(14(17)18)9(2)11-5-4-6-15(10(3)16)13(8)11/h7H,4-6H2,1-3H3,(H,17,18). The molecule has 1 aliphatic heterocycles. The number of carboxylic acids is 1. The fourth-order valence-corrected chi connectivity index (χ4v) is 2.72. The molecule has 2 rings (SSSR count). The molecule has 0 aromatic heterocycles. The van der Waals surface area contributed by atoms with E-state index in [1.54, 1.807) is 17.9 Å². The first-order chi connectivity index (χ1) is 8.43. The molecule has 0 radical (unpaired) electrons. The third-order valence-electron chi connectivity index (χ3n) is 3.57. The van der Waals surface area contributed by atoms with Crippen molar-refractivity contribution in [1.29, 1.82) is 0 Å². The topological polar surface area (TPSA) is 57.6 Å². The number of rotatable bonds is 1. The molecule has 4 heteroatoms. The fourth-order valence-electron chi connectivity index (χ4n) is 2.72. The van der Waals surface area contributed by atoms with Crippen molar-refractivity contribution < 1.29 is 14.7 Å². The smallest absolute Gasteiger partial charge is 0.335 e. The number of aryl methyl sites for hydroxylation is 1. The molecular weight excluding hydrogens is 230 g/mol. The van der Waals surface area contributed by atoms with Gasteiger partial charge in [0.05, 0.1) is 11.3 Å². The number of hydrogen-bond acceptors (Lipinski definition) is 2. The Labute approximate surface area is 106 Å². The Bertz CT molecular complexity index is 534. The minimum Gasteiger partial charge on any atom is -0.478 e. The van der Waals surface area contributed by atoms with Crippen molar-refractivity contribution in [3.8, 4) is 0 Å². The highest BCUT2D eigenvalue weighted by Gasteiger charge is 2.25. The maximum absolute atomic E-state index is 11.7. The van der Waals surface area contributed by atoms with Crippen LogP contribution >= 0.6 is 0 Å². The number of carbonyl (C=O) groups excluding carboxylic acids is 1. The van der Waals surface area contributed by atoms with Crippen molar-refractivity contribution in [2.45, 2.75) is 33.6 Å². The normalized spacial score (nSPS) is 14.3. The summed E-state index contributed by atoms with van der Waals surface area (Å²) in [7, 11) is 0. The van der Waals surface area contributed by atoms with Crippen LogP contribution in [0.2, 0.25) is 0 Å². The summed E-state index contributed by atoms with van der Waals surface area (Å²) in [4.78, 5) is 24.6. The van der Waals surface area contributed by atoms with Crippen LogP contribution in [-0.4, -0.2) is 23.5 Å². The van der Waals surface area contributed by atoms with E-state index in [9.17, 15) is 14.7 Å². The van der Waals surface area contributed by atoms with Crippen molar-refractivity contribution in [3.63, 3.8) is 0 Å². The van der Waals surface area contributed by atoms with Gasteiger partial charge in [-0.05, 0) is 49.4 Å². The van der Waals surface area contributed by atoms with Crippen LogP contribution in [0, 0.1) is 13.8 Å². The molecule has 4 nitrogen and oxygen atoms in total. The summed E-state index contributed by atoms with van der Waals surface area (Å²) in [5.41, 5.74) is 3.92. The molecule has 0 fully saturated rings. The number of anilines is 1. The van der Waals surface area contributed by atoms with Crippen LogP contribution < -0.4 is 4.90 Å². The molecule has 1 heterocycles. The Morgan fingerprint density at radius 1 is 1.33 bits per heavy atom. The molecule has 0 aliphatic carbocycles. The van der Waals surface area contributed by atoms with Gasteiger partial charge in [-0.2, -0.15) is 0 Å². The van der Waals surface area contributed by atoms with E-state index in [1.807, 2.05) is 13.8 Å². The molecule has 18 heavy (non-hydrogen) atoms. The predicted molar refractivity (Wildman–Crippen MR) is 69.2 cm³/mol. The van der Waals surface area contributed by atoms with Crippen LogP contribution in [0.3, 0.4) is 0 Å². The lowest BCUT2D eigenvalue weighted by molar-refractivity contribution is -0.116. The molecule has 0 saturated carbocycles. The van der Waals surface area contributed by atoms with Gasteiger partial charge in [0.1, 0.15) is 0 Å². The van der Waals surface area contributed by atoms with Crippen LogP contribution in [0.5, 0.6) is 0 Å². The second-order valence-corrected chi connectivity index (χ2v) is 4.77. The zero-order chi connectivity index (χ0) is 13.4. The van der Waals surface area contributed by atoms with Crippen LogP contribution in [0.15, 0.2) is 6.07 Å². The van der Waals surface area contributed by atoms with Gasteiger partial charge in [-0.1, -0.05) is 0 Å². The minimum absolute atomic E-state index is 0.0153. The fraction of sp³-hybridized carbons (Fsp3) is 0.429. The average molecular weight is 247 g/mol. The van der Waals surface area contributed by atoms with Gasteiger partial charge in [-0.25, -0.2) is 4.79 Å². The Hall–Kier alpha value is -1.84. The van der Waals surface area contributed by atoms with Gasteiger partial charge in [0.25, 0.3) is 0 Å². The highest BCUT2D eigenvalue weighted by molar-refractivity contribution is 5.97. The van der Waals surface area contributed by atoms with Gasteiger partial charge in [0.15, 0.2) is 0 Å². The van der Waals surface area contributed by atoms with Crippen LogP contribution in [0.4, 0.5) is 5.69 Å². The summed E-state index contributed by atoms with van der Waals surface area (Å²) >= 11 is 0. The van der Waals surface area contributed by atoms with Gasteiger partial charge in [-0.15, -0.1) is 0 Å². The summed E-state index contributed by atoms with van der Waals surface area (Å²) in [6.07, 6.45) is 1.73. The summed E-state index contributed by atoms with van der Waals surface area (Å²) in [5.74, 6) is -0.889. The molecule has 1 aromatic rings. The maximum atomic E-state index is 11.7. The molecule has 1 amide bonds. The zero-order valence-corrected chi connectivity index (χ0v) is 10.9. The van der Waals surface area contributed by atoms with Crippen molar-refractivity contribution in [3.05, 3.63) is 28.3 Å². The number of carbonyl (C=O) groups is 2. The largest absolute Gasteiger partial charge is 0.478 e. The van der Waals surface area contributed by atoms with Crippen LogP contribution in [0.25, 0.3) is 0 Å². The molecular formula is C14H17NO3. The van der Waals surface area contributed by atoms with E-state index >= 15 is 0 Å². The van der Waals surface area contributed by atoms with Crippen LogP contribution in [-0.2, 0) is 11.2 Å². The Morgan fingerprint density at radius 2 is 2.00 bits per heavy atom. The van der Waals surface area contributed by atoms with E-state index in [-0.39, 0.29) is 5.91 Å². The highest BCUT2D eigenvalue weighted by Crippen LogP contribution is 2.35. The third-order valence-corrected chi connectivity index (χ3v) is 3.57. The van der Waals surface area contributed by atoms with Gasteiger partial charge in [-0.3, -0.25) is 4.79 Å². The highest BCUT2D eigenvalue weighted by atomic mass is 16.4. The van der Waals surface area contributed by atoms with E-state index in [2.05, 4.69) is 0 Å². The SMILES string of the molecule is CC(=O)N1CCCc2c(C)c(C(=O)O)cc(C)c21. The number of fused-ring (bicyclic) bond motifs is 1. The van der Waals surface area contributed by atoms with Crippen molar-refractivity contribution in [1.82, 2.24) is 0 Å². The molecule has 0 atom stereocenters. The molecule has 0 saturated heterocycles. The molecule has 0 bridgehead atoms. The number of amides is 1. The van der Waals surface area contributed by atoms with E-state index < -0.39 is 5.97 Å². The van der Waals surface area contributed by atoms with E-state index in [1.165, 1.54) is 0 Å². The molecule has 1 aromatic carbocycles. The predicted octanol–water partition coefficient (Wildman–Crippen LogP) is 2.30. The quantitative estimate of drug-likeness (QED) is 0.828. The molecule has 1 aliphatic rings. The lowest BCUT2D eigenvalue weighted by Gasteiger charge is -2.32. The monoisotopic (exact) mass is 247 g/mol. The minimum atomic E-state index is -0.904. The molecule has 96 valence electrons. The average Bonchev–Trinajstić information content (AvgIpc) is 2.32. The number of hydrogen-bond donors (Lipinski definition) is 1. The van der Waals surface area contributed by atoms with E-state index in [0.717, 1.165) is 41.8 Å². The van der Waals surface area contributed by atoms with Gasteiger partial charge in [0.2, 0.25) is 5.91 Å². The summed E-state index contributed by atoms with van der Waals surface area (Å²) in [5, 5.41) is 9.19. The van der Waals surface area contributed by atoms with Gasteiger partial charge < -0.3 is 10.0 Å². The molecule has 0 spiro atoms. The second-order valence-electron chi connectivity index (χ2n) is 4.77. The van der Waals surface area contributed by atoms with Crippen molar-refractivity contribution >= 4 is 17.6 Å². The third kappa shape index (κ3) is 1.88. The number of aromatic carboxylic acids is 1. The van der Waals surface area contributed by atoms with Crippen molar-refractivity contribution in [2.24, 2.45) is 0 Å². The molecule has 0 unspecified atom stereocenters. The van der Waals surface area contributed by atoms with Crippen molar-refractivity contribution in [2.75, 3.05) is 11.4 Å². The lowest BCUT2D eigenvalue weighted by atomic mass is 9.90. The zero-order valence-electron chi connectivity index (χ0n) is 10.9. The van der Waals surface area contributed by atoms with Gasteiger partial charge >= 0.3 is 5.97 Å². The number of benzene rings is 1. The first kappa shape index (κ1) is 12.6. The number of nitrogens with zero attached hydrogens (tertiary/aromatic N) is 1. The summed E-state index contributed by atoms with van der Waals surface area (Å²) in [6, 6.07) is 1.66. The Kier molecular flexibility index (Phi) is 3.11. The maximum Gasteiger partial charge on any atom is 0.335 e. The summed E-state index contributed by atoms with van der Waals surface area (Å²) < 4.78 is 0. The van der Waals surface area contributed by atoms with E-state index in [4.69, 9.17) is 0 Å². The summed E-state index contributed by atoms with van der Waals surface area (Å²) in [6.45, 7) is 5.96. The molecule has 1 N–H and O–H groups in total. The Balaban J connectivity index is 2.68. The van der Waals surface area contributed by atoms with E-state index in [0.29, 0.717) is 5.56 Å². The number of carboxylic acid groups (broad SMARTS) is 1. The second kappa shape index (κ2) is 4.44. The van der Waals surface area contributed by atoms with Gasteiger partial charge in [0, 0.05) is 13.5 Å². The Morgan fingerprint density at radius 3 is 2.56 bits per heavy atom. The lowest BCUT2D eigenvalue weighted by Crippen LogP contribution is -2.34.